The summed E-state index contributed by atoms with van der Waals surface area (Å²) in [5, 5.41) is 33.5. The predicted molar refractivity (Wildman–Crippen MR) is 136 cm³/mol. The molecule has 0 saturated carbocycles. The first kappa shape index (κ1) is 26.6. The molecule has 0 amide bonds. The highest BCUT2D eigenvalue weighted by atomic mass is 16.5. The molecule has 4 rings (SSSR count). The maximum absolute atomic E-state index is 8.39. The summed E-state index contributed by atoms with van der Waals surface area (Å²) in [4.78, 5) is 0. The number of rotatable bonds is 8. The van der Waals surface area contributed by atoms with Gasteiger partial charge in [0.15, 0.2) is 0 Å². The van der Waals surface area contributed by atoms with Gasteiger partial charge in [0.25, 0.3) is 25.0 Å². The third-order valence-corrected chi connectivity index (χ3v) is 5.16. The Hall–Kier alpha value is -5.96. The molecule has 0 radical (unpaired) electrons. The standard InChI is InChI=1S/2C15H10N2O2/c2*16-10-18-14-5-1-12(2-6-14)9-13-3-7-15(8-4-13)19-11-17/h2*1-8H,9H2. The van der Waals surface area contributed by atoms with Crippen molar-refractivity contribution in [1.82, 2.24) is 0 Å². The quantitative estimate of drug-likeness (QED) is 0.269. The molecule has 0 saturated heterocycles. The summed E-state index contributed by atoms with van der Waals surface area (Å²) in [5.41, 5.74) is 4.44. The zero-order chi connectivity index (χ0) is 27.0. The molecular formula is C30H20N4O4. The van der Waals surface area contributed by atoms with Gasteiger partial charge in [0.05, 0.1) is 0 Å². The number of hydrogen-bond acceptors (Lipinski definition) is 8. The molecule has 184 valence electrons. The minimum absolute atomic E-state index is 0.531. The summed E-state index contributed by atoms with van der Waals surface area (Å²) in [6.45, 7) is 0. The molecule has 4 aromatic carbocycles. The van der Waals surface area contributed by atoms with E-state index in [9.17, 15) is 0 Å². The largest absolute Gasteiger partial charge is 0.388 e. The molecule has 0 bridgehead atoms. The Balaban J connectivity index is 0.000000211. The fourth-order valence-corrected chi connectivity index (χ4v) is 3.38. The van der Waals surface area contributed by atoms with Gasteiger partial charge in [-0.3, -0.25) is 0 Å². The summed E-state index contributed by atoms with van der Waals surface area (Å²) in [6, 6.07) is 29.3. The van der Waals surface area contributed by atoms with Crippen LogP contribution in [0, 0.1) is 46.1 Å². The lowest BCUT2D eigenvalue weighted by atomic mass is 10.0. The molecule has 8 heteroatoms. The van der Waals surface area contributed by atoms with E-state index >= 15 is 0 Å². The number of ether oxygens (including phenoxy) is 4. The molecule has 8 nitrogen and oxygen atoms in total. The summed E-state index contributed by atoms with van der Waals surface area (Å²) in [5.74, 6) is 2.13. The molecule has 0 aliphatic rings. The highest BCUT2D eigenvalue weighted by molar-refractivity contribution is 5.36. The van der Waals surface area contributed by atoms with Gasteiger partial charge in [0, 0.05) is 0 Å². The molecule has 0 N–H and O–H groups in total. The number of hydrogen-bond donors (Lipinski definition) is 0. The van der Waals surface area contributed by atoms with Gasteiger partial charge in [-0.05, 0) is 83.6 Å². The second-order valence-corrected chi connectivity index (χ2v) is 7.70. The molecule has 0 fully saturated rings. The van der Waals surface area contributed by atoms with Gasteiger partial charge in [-0.15, -0.1) is 21.0 Å². The van der Waals surface area contributed by atoms with Crippen molar-refractivity contribution < 1.29 is 18.9 Å². The average molecular weight is 501 g/mol. The minimum atomic E-state index is 0.531. The van der Waals surface area contributed by atoms with Gasteiger partial charge in [0.1, 0.15) is 23.0 Å². The summed E-state index contributed by atoms with van der Waals surface area (Å²) >= 11 is 0. The van der Waals surface area contributed by atoms with Gasteiger partial charge >= 0.3 is 0 Å². The van der Waals surface area contributed by atoms with E-state index in [-0.39, 0.29) is 0 Å². The fraction of sp³-hybridized carbons (Fsp3) is 0.0667. The average Bonchev–Trinajstić information content (AvgIpc) is 2.94. The number of benzene rings is 4. The topological polar surface area (TPSA) is 132 Å². The molecule has 0 unspecified atom stereocenters. The molecule has 0 aliphatic carbocycles. The Kier molecular flexibility index (Phi) is 10.1. The van der Waals surface area contributed by atoms with Gasteiger partial charge in [-0.1, -0.05) is 48.5 Å². The van der Waals surface area contributed by atoms with E-state index < -0.39 is 0 Å². The SMILES string of the molecule is N#COc1ccc(Cc2ccc(OC#N)cc2)cc1.N#COc1ccc(Cc2ccc(OC#N)cc2)cc1. The number of nitriles is 4. The van der Waals surface area contributed by atoms with Crippen molar-refractivity contribution in [1.29, 1.82) is 21.0 Å². The summed E-state index contributed by atoms with van der Waals surface area (Å²) < 4.78 is 18.8. The summed E-state index contributed by atoms with van der Waals surface area (Å²) in [6.07, 6.45) is 8.05. The highest BCUT2D eigenvalue weighted by Crippen LogP contribution is 2.19. The Bertz CT molecular complexity index is 1240. The maximum Gasteiger partial charge on any atom is 0.292 e. The van der Waals surface area contributed by atoms with Crippen molar-refractivity contribution >= 4 is 0 Å². The lowest BCUT2D eigenvalue weighted by molar-refractivity contribution is 0.506. The van der Waals surface area contributed by atoms with E-state index in [0.717, 1.165) is 35.1 Å². The summed E-state index contributed by atoms with van der Waals surface area (Å²) in [7, 11) is 0. The van der Waals surface area contributed by atoms with Gasteiger partial charge < -0.3 is 18.9 Å². The van der Waals surface area contributed by atoms with E-state index in [1.165, 1.54) is 0 Å². The van der Waals surface area contributed by atoms with Crippen LogP contribution >= 0.6 is 0 Å². The van der Waals surface area contributed by atoms with Crippen molar-refractivity contribution in [2.45, 2.75) is 12.8 Å². The first-order chi connectivity index (χ1) is 18.6. The van der Waals surface area contributed by atoms with Crippen LogP contribution in [0.15, 0.2) is 97.1 Å². The van der Waals surface area contributed by atoms with E-state index in [0.29, 0.717) is 23.0 Å². The molecule has 4 aromatic rings. The van der Waals surface area contributed by atoms with E-state index in [2.05, 4.69) is 0 Å². The first-order valence-corrected chi connectivity index (χ1v) is 11.2. The molecule has 0 heterocycles. The van der Waals surface area contributed by atoms with Gasteiger partial charge in [0.2, 0.25) is 0 Å². The van der Waals surface area contributed by atoms with Crippen LogP contribution in [-0.4, -0.2) is 0 Å². The zero-order valence-electron chi connectivity index (χ0n) is 20.1. The van der Waals surface area contributed by atoms with Crippen LogP contribution in [0.1, 0.15) is 22.3 Å². The maximum atomic E-state index is 8.39. The monoisotopic (exact) mass is 500 g/mol. The van der Waals surface area contributed by atoms with Crippen LogP contribution in [0.5, 0.6) is 23.0 Å². The molecule has 0 spiro atoms. The van der Waals surface area contributed by atoms with Crippen LogP contribution < -0.4 is 18.9 Å². The second-order valence-electron chi connectivity index (χ2n) is 7.70. The van der Waals surface area contributed by atoms with Crippen molar-refractivity contribution in [3.05, 3.63) is 119 Å². The molecule has 38 heavy (non-hydrogen) atoms. The normalized spacial score (nSPS) is 9.16. The van der Waals surface area contributed by atoms with Crippen LogP contribution in [0.4, 0.5) is 0 Å². The second kappa shape index (κ2) is 14.4. The van der Waals surface area contributed by atoms with E-state index in [1.807, 2.05) is 48.5 Å². The van der Waals surface area contributed by atoms with Crippen LogP contribution in [0.3, 0.4) is 0 Å². The van der Waals surface area contributed by atoms with Crippen molar-refractivity contribution in [3.8, 4) is 48.0 Å². The Labute approximate surface area is 220 Å². The molecule has 0 aliphatic heterocycles. The Morgan fingerprint density at radius 1 is 0.342 bits per heavy atom. The molecular weight excluding hydrogens is 480 g/mol. The smallest absolute Gasteiger partial charge is 0.292 e. The third-order valence-electron chi connectivity index (χ3n) is 5.16. The van der Waals surface area contributed by atoms with Crippen LogP contribution in [0.25, 0.3) is 0 Å². The lowest BCUT2D eigenvalue weighted by Crippen LogP contribution is -1.89. The molecule has 0 atom stereocenters. The minimum Gasteiger partial charge on any atom is -0.388 e. The number of nitrogens with zero attached hydrogens (tertiary/aromatic N) is 4. The van der Waals surface area contributed by atoms with E-state index in [1.54, 1.807) is 73.6 Å². The van der Waals surface area contributed by atoms with Crippen LogP contribution in [-0.2, 0) is 12.8 Å². The van der Waals surface area contributed by atoms with E-state index in [4.69, 9.17) is 40.0 Å². The molecule has 0 aromatic heterocycles. The van der Waals surface area contributed by atoms with Gasteiger partial charge in [-0.2, -0.15) is 0 Å². The predicted octanol–water partition coefficient (Wildman–Crippen LogP) is 5.99. The first-order valence-electron chi connectivity index (χ1n) is 11.2. The zero-order valence-corrected chi connectivity index (χ0v) is 20.1. The lowest BCUT2D eigenvalue weighted by Gasteiger charge is -2.03. The van der Waals surface area contributed by atoms with Crippen molar-refractivity contribution in [2.75, 3.05) is 0 Å². The highest BCUT2D eigenvalue weighted by Gasteiger charge is 2.01. The Morgan fingerprint density at radius 3 is 0.684 bits per heavy atom. The van der Waals surface area contributed by atoms with Crippen molar-refractivity contribution in [3.63, 3.8) is 0 Å². The third kappa shape index (κ3) is 8.67. The van der Waals surface area contributed by atoms with Gasteiger partial charge in [-0.25, -0.2) is 0 Å². The van der Waals surface area contributed by atoms with Crippen LogP contribution in [0.2, 0.25) is 0 Å². The Morgan fingerprint density at radius 2 is 0.526 bits per heavy atom. The fourth-order valence-electron chi connectivity index (χ4n) is 3.38. The van der Waals surface area contributed by atoms with Crippen molar-refractivity contribution in [2.24, 2.45) is 0 Å².